The fourth-order valence-corrected chi connectivity index (χ4v) is 7.88. The topological polar surface area (TPSA) is 129 Å². The predicted molar refractivity (Wildman–Crippen MR) is 126 cm³/mol. The summed E-state index contributed by atoms with van der Waals surface area (Å²) >= 11 is 0. The van der Waals surface area contributed by atoms with E-state index in [1.165, 1.54) is 4.90 Å². The second-order valence-electron chi connectivity index (χ2n) is 10.9. The zero-order valence-electron chi connectivity index (χ0n) is 20.4. The minimum atomic E-state index is -3.78. The Morgan fingerprint density at radius 1 is 1.11 bits per heavy atom. The van der Waals surface area contributed by atoms with Gasteiger partial charge in [-0.05, 0) is 32.1 Å². The predicted octanol–water partition coefficient (Wildman–Crippen LogP) is -1.40. The number of hydrogen-bond acceptors (Lipinski definition) is 9. The normalized spacial score (nSPS) is 36.1. The summed E-state index contributed by atoms with van der Waals surface area (Å²) in [6.45, 7) is 2.04. The van der Waals surface area contributed by atoms with Crippen molar-refractivity contribution in [1.82, 2.24) is 40.9 Å². The van der Waals surface area contributed by atoms with Gasteiger partial charge >= 0.3 is 6.03 Å². The third-order valence-electron chi connectivity index (χ3n) is 8.12. The number of rotatable bonds is 8. The molecule has 5 rings (SSSR count). The quantitative estimate of drug-likeness (QED) is 0.308. The Kier molecular flexibility index (Phi) is 6.83. The summed E-state index contributed by atoms with van der Waals surface area (Å²) in [6, 6.07) is -0.650. The molecule has 0 radical (unpaired) electrons. The number of hydrazine groups is 3. The number of halogens is 1. The van der Waals surface area contributed by atoms with Gasteiger partial charge < -0.3 is 4.90 Å². The highest BCUT2D eigenvalue weighted by molar-refractivity contribution is 7.90. The van der Waals surface area contributed by atoms with Crippen molar-refractivity contribution in [2.45, 2.75) is 55.0 Å². The first-order chi connectivity index (χ1) is 16.6. The van der Waals surface area contributed by atoms with Gasteiger partial charge in [0.15, 0.2) is 0 Å². The van der Waals surface area contributed by atoms with Gasteiger partial charge in [0.2, 0.25) is 15.9 Å². The van der Waals surface area contributed by atoms with E-state index in [-0.39, 0.29) is 36.4 Å². The lowest BCUT2D eigenvalue weighted by atomic mass is 9.80. The van der Waals surface area contributed by atoms with E-state index in [1.54, 1.807) is 10.0 Å². The van der Waals surface area contributed by atoms with E-state index in [0.717, 1.165) is 6.54 Å². The third kappa shape index (κ3) is 5.06. The van der Waals surface area contributed by atoms with E-state index >= 15 is 0 Å². The third-order valence-corrected chi connectivity index (χ3v) is 10.1. The van der Waals surface area contributed by atoms with Gasteiger partial charge in [0.1, 0.15) is 6.67 Å². The van der Waals surface area contributed by atoms with Crippen LogP contribution in [-0.4, -0.2) is 117 Å². The van der Waals surface area contributed by atoms with Crippen molar-refractivity contribution in [2.24, 2.45) is 11.8 Å². The first-order valence-electron chi connectivity index (χ1n) is 12.5. The smallest absolute Gasteiger partial charge is 0.319 e. The summed E-state index contributed by atoms with van der Waals surface area (Å²) in [6.07, 6.45) is 1.90. The van der Waals surface area contributed by atoms with Crippen molar-refractivity contribution >= 4 is 22.0 Å². The highest BCUT2D eigenvalue weighted by atomic mass is 32.2. The molecule has 0 spiro atoms. The van der Waals surface area contributed by atoms with E-state index < -0.39 is 33.4 Å². The number of alkyl halides is 1. The van der Waals surface area contributed by atoms with Crippen LogP contribution < -0.4 is 21.0 Å². The molecule has 5 unspecified atom stereocenters. The Morgan fingerprint density at radius 2 is 1.89 bits per heavy atom. The molecular weight excluding hydrogens is 479 g/mol. The van der Waals surface area contributed by atoms with Gasteiger partial charge in [0, 0.05) is 58.8 Å². The Labute approximate surface area is 205 Å². The summed E-state index contributed by atoms with van der Waals surface area (Å²) in [4.78, 5) is 30.4. The van der Waals surface area contributed by atoms with Gasteiger partial charge in [-0.25, -0.2) is 38.2 Å². The standard InChI is InChI=1S/C21H37FN8O4S/c1-27-10-14(8-23-27)11-30-19(31)17-7-16(35(33,34)26-21(13-22)5-6-21)3-4-18(17)29(20(30)32)12-15-9-24-28(2)25-15/h14-18,23-26H,3-13H2,1-2H3. The molecule has 5 aliphatic rings. The molecule has 3 aliphatic heterocycles. The van der Waals surface area contributed by atoms with Crippen molar-refractivity contribution in [1.29, 1.82) is 0 Å². The molecule has 14 heteroatoms. The minimum absolute atomic E-state index is 0.0127. The molecule has 2 aliphatic carbocycles. The SMILES string of the molecule is CN1CC(CN2C(=O)C3CC(S(=O)(=O)NC4(CF)CC4)CCC3N(CC3CNN(C)N3)C2=O)CN1. The van der Waals surface area contributed by atoms with E-state index in [2.05, 4.69) is 21.0 Å². The maximum absolute atomic E-state index is 13.6. The van der Waals surface area contributed by atoms with Crippen molar-refractivity contribution < 1.29 is 22.4 Å². The summed E-state index contributed by atoms with van der Waals surface area (Å²) < 4.78 is 42.2. The number of nitrogens with one attached hydrogen (secondary N) is 4. The Bertz CT molecular complexity index is 950. The van der Waals surface area contributed by atoms with Gasteiger partial charge in [-0.3, -0.25) is 15.1 Å². The number of nitrogens with zero attached hydrogens (tertiary/aromatic N) is 4. The molecule has 5 atom stereocenters. The number of urea groups is 1. The van der Waals surface area contributed by atoms with E-state index in [4.69, 9.17) is 0 Å². The lowest BCUT2D eigenvalue weighted by Crippen LogP contribution is -2.66. The number of amides is 3. The number of carbonyl (C=O) groups is 2. The van der Waals surface area contributed by atoms with Crippen molar-refractivity contribution in [3.05, 3.63) is 0 Å². The van der Waals surface area contributed by atoms with Crippen LogP contribution in [0.1, 0.15) is 32.1 Å². The van der Waals surface area contributed by atoms with Crippen LogP contribution in [-0.2, 0) is 14.8 Å². The molecule has 3 heterocycles. The van der Waals surface area contributed by atoms with Crippen LogP contribution in [0.15, 0.2) is 0 Å². The van der Waals surface area contributed by atoms with E-state index in [9.17, 15) is 22.4 Å². The fourth-order valence-electron chi connectivity index (χ4n) is 5.95. The number of imide groups is 1. The zero-order chi connectivity index (χ0) is 25.0. The molecule has 0 aromatic rings. The van der Waals surface area contributed by atoms with Crippen molar-refractivity contribution in [3.8, 4) is 0 Å². The van der Waals surface area contributed by atoms with Gasteiger partial charge in [-0.2, -0.15) is 5.12 Å². The van der Waals surface area contributed by atoms with Gasteiger partial charge in [0.05, 0.1) is 22.7 Å². The first-order valence-corrected chi connectivity index (χ1v) is 14.0. The van der Waals surface area contributed by atoms with Crippen LogP contribution in [0.4, 0.5) is 9.18 Å². The van der Waals surface area contributed by atoms with Crippen LogP contribution in [0, 0.1) is 11.8 Å². The fraction of sp³-hybridized carbons (Fsp3) is 0.905. The van der Waals surface area contributed by atoms with Gasteiger partial charge in [-0.15, -0.1) is 0 Å². The molecular formula is C21H37FN8O4S. The van der Waals surface area contributed by atoms with Crippen molar-refractivity contribution in [3.63, 3.8) is 0 Å². The lowest BCUT2D eigenvalue weighted by molar-refractivity contribution is -0.141. The van der Waals surface area contributed by atoms with Crippen molar-refractivity contribution in [2.75, 3.05) is 53.5 Å². The molecule has 4 N–H and O–H groups in total. The monoisotopic (exact) mass is 516 g/mol. The largest absolute Gasteiger partial charge is 0.327 e. The first kappa shape index (κ1) is 25.2. The summed E-state index contributed by atoms with van der Waals surface area (Å²) in [5, 5.41) is 2.93. The molecule has 5 fully saturated rings. The van der Waals surface area contributed by atoms with Gasteiger partial charge in [-0.1, -0.05) is 0 Å². The summed E-state index contributed by atoms with van der Waals surface area (Å²) in [7, 11) is -0.00603. The number of fused-ring (bicyclic) bond motifs is 1. The highest BCUT2D eigenvalue weighted by Gasteiger charge is 2.53. The number of hydrogen-bond donors (Lipinski definition) is 4. The van der Waals surface area contributed by atoms with E-state index in [1.807, 2.05) is 19.1 Å². The van der Waals surface area contributed by atoms with Crippen LogP contribution in [0.3, 0.4) is 0 Å². The second kappa shape index (κ2) is 9.47. The molecule has 0 aromatic carbocycles. The minimum Gasteiger partial charge on any atom is -0.319 e. The maximum Gasteiger partial charge on any atom is 0.327 e. The summed E-state index contributed by atoms with van der Waals surface area (Å²) in [5.41, 5.74) is 8.67. The molecule has 3 amide bonds. The van der Waals surface area contributed by atoms with Crippen LogP contribution in [0.5, 0.6) is 0 Å². The molecule has 198 valence electrons. The average Bonchev–Trinajstić information content (AvgIpc) is 3.26. The maximum atomic E-state index is 13.6. The van der Waals surface area contributed by atoms with Crippen LogP contribution in [0.2, 0.25) is 0 Å². The van der Waals surface area contributed by atoms with Gasteiger partial charge in [0.25, 0.3) is 0 Å². The lowest BCUT2D eigenvalue weighted by Gasteiger charge is -2.49. The summed E-state index contributed by atoms with van der Waals surface area (Å²) in [5.74, 6) is -0.775. The van der Waals surface area contributed by atoms with Crippen LogP contribution in [0.25, 0.3) is 0 Å². The Balaban J connectivity index is 1.36. The molecule has 2 saturated carbocycles. The highest BCUT2D eigenvalue weighted by Crippen LogP contribution is 2.41. The molecule has 35 heavy (non-hydrogen) atoms. The molecule has 0 bridgehead atoms. The number of sulfonamides is 1. The van der Waals surface area contributed by atoms with E-state index in [0.29, 0.717) is 51.9 Å². The Morgan fingerprint density at radius 3 is 2.49 bits per heavy atom. The zero-order valence-corrected chi connectivity index (χ0v) is 21.2. The number of carbonyl (C=O) groups excluding carboxylic acids is 2. The van der Waals surface area contributed by atoms with Crippen LogP contribution >= 0.6 is 0 Å². The molecule has 0 aromatic heterocycles. The second-order valence-corrected chi connectivity index (χ2v) is 12.9. The molecule has 3 saturated heterocycles. The Hall–Kier alpha value is -1.42. The average molecular weight is 517 g/mol. The molecule has 12 nitrogen and oxygen atoms in total.